The fourth-order valence-corrected chi connectivity index (χ4v) is 3.53. The zero-order chi connectivity index (χ0) is 17.4. The number of para-hydroxylation sites is 5. The van der Waals surface area contributed by atoms with Gasteiger partial charge >= 0.3 is 0 Å². The lowest BCUT2D eigenvalue weighted by atomic mass is 10.2. The quantitative estimate of drug-likeness (QED) is 0.505. The van der Waals surface area contributed by atoms with Crippen molar-refractivity contribution in [1.82, 2.24) is 4.57 Å². The Kier molecular flexibility index (Phi) is 3.77. The maximum absolute atomic E-state index is 5.61. The van der Waals surface area contributed by atoms with Gasteiger partial charge in [0.2, 0.25) is 0 Å². The molecule has 0 radical (unpaired) electrons. The molecule has 124 valence electrons. The second kappa shape index (κ2) is 6.10. The fourth-order valence-electron chi connectivity index (χ4n) is 3.53. The van der Waals surface area contributed by atoms with Crippen molar-refractivity contribution in [3.8, 4) is 17.1 Å². The summed E-state index contributed by atoms with van der Waals surface area (Å²) in [5, 5.41) is 0. The molecular weight excluding hydrogens is 308 g/mol. The zero-order valence-corrected chi connectivity index (χ0v) is 14.7. The lowest BCUT2D eigenvalue weighted by molar-refractivity contribution is -0.575. The lowest BCUT2D eigenvalue weighted by Crippen LogP contribution is -2.34. The summed E-state index contributed by atoms with van der Waals surface area (Å²) in [4.78, 5) is 0. The molecule has 4 aromatic rings. The second-order valence-electron chi connectivity index (χ2n) is 6.17. The summed E-state index contributed by atoms with van der Waals surface area (Å²) < 4.78 is 10.2. The Morgan fingerprint density at radius 3 is 2.28 bits per heavy atom. The Morgan fingerprint density at radius 2 is 1.48 bits per heavy atom. The van der Waals surface area contributed by atoms with E-state index in [9.17, 15) is 0 Å². The Hall–Kier alpha value is -3.07. The number of methoxy groups -OCH3 is 1. The highest BCUT2D eigenvalue weighted by atomic mass is 16.5. The molecule has 4 rings (SSSR count). The monoisotopic (exact) mass is 329 g/mol. The molecular formula is C22H21N2O+. The number of aryl methyl sites for hydroxylation is 1. The standard InChI is InChI=1S/C22H21N2O/c1-16-10-4-5-11-18(16)23-17(2)24(20-13-7-6-12-19(20)23)21-14-8-9-15-22(21)25-3/h4-15H,1-3H3/q+1. The maximum atomic E-state index is 5.61. The molecule has 0 amide bonds. The minimum Gasteiger partial charge on any atom is -0.492 e. The van der Waals surface area contributed by atoms with E-state index in [0.717, 1.165) is 22.8 Å². The van der Waals surface area contributed by atoms with Crippen LogP contribution in [-0.2, 0) is 0 Å². The minimum absolute atomic E-state index is 0.864. The van der Waals surface area contributed by atoms with Gasteiger partial charge in [0, 0.05) is 6.92 Å². The zero-order valence-electron chi connectivity index (χ0n) is 14.7. The summed E-state index contributed by atoms with van der Waals surface area (Å²) in [7, 11) is 1.72. The van der Waals surface area contributed by atoms with Gasteiger partial charge in [0.05, 0.1) is 7.11 Å². The van der Waals surface area contributed by atoms with Crippen LogP contribution < -0.4 is 9.30 Å². The Bertz CT molecular complexity index is 1060. The summed E-state index contributed by atoms with van der Waals surface area (Å²) in [5.41, 5.74) is 5.84. The van der Waals surface area contributed by atoms with Crippen LogP contribution in [0.25, 0.3) is 22.4 Å². The predicted octanol–water partition coefficient (Wildman–Crippen LogP) is 4.53. The maximum Gasteiger partial charge on any atom is 0.264 e. The van der Waals surface area contributed by atoms with Crippen molar-refractivity contribution in [3.63, 3.8) is 0 Å². The number of hydrogen-bond acceptors (Lipinski definition) is 1. The normalized spacial score (nSPS) is 11.0. The highest BCUT2D eigenvalue weighted by Crippen LogP contribution is 2.28. The van der Waals surface area contributed by atoms with Crippen molar-refractivity contribution >= 4 is 11.0 Å². The lowest BCUT2D eigenvalue weighted by Gasteiger charge is -2.07. The van der Waals surface area contributed by atoms with Crippen LogP contribution in [0.15, 0.2) is 72.8 Å². The smallest absolute Gasteiger partial charge is 0.264 e. The third kappa shape index (κ3) is 2.40. The van der Waals surface area contributed by atoms with E-state index in [4.69, 9.17) is 4.74 Å². The molecule has 0 aliphatic heterocycles. The number of hydrogen-bond donors (Lipinski definition) is 0. The number of ether oxygens (including phenoxy) is 1. The molecule has 1 heterocycles. The highest BCUT2D eigenvalue weighted by Gasteiger charge is 2.26. The van der Waals surface area contributed by atoms with Crippen molar-refractivity contribution in [1.29, 1.82) is 0 Å². The van der Waals surface area contributed by atoms with E-state index in [2.05, 4.69) is 77.6 Å². The van der Waals surface area contributed by atoms with Crippen molar-refractivity contribution in [3.05, 3.63) is 84.2 Å². The van der Waals surface area contributed by atoms with Crippen LogP contribution in [0.4, 0.5) is 0 Å². The van der Waals surface area contributed by atoms with Crippen LogP contribution in [0.5, 0.6) is 5.75 Å². The number of nitrogens with zero attached hydrogens (tertiary/aromatic N) is 2. The molecule has 0 saturated heterocycles. The molecule has 0 spiro atoms. The number of fused-ring (bicyclic) bond motifs is 1. The van der Waals surface area contributed by atoms with Crippen LogP contribution in [0.1, 0.15) is 11.4 Å². The van der Waals surface area contributed by atoms with Crippen LogP contribution in [0.3, 0.4) is 0 Å². The predicted molar refractivity (Wildman–Crippen MR) is 101 cm³/mol. The van der Waals surface area contributed by atoms with Crippen molar-refractivity contribution in [2.45, 2.75) is 13.8 Å². The van der Waals surface area contributed by atoms with E-state index < -0.39 is 0 Å². The summed E-state index contributed by atoms with van der Waals surface area (Å²) in [6, 6.07) is 25.1. The molecule has 3 nitrogen and oxygen atoms in total. The third-order valence-corrected chi connectivity index (χ3v) is 4.69. The van der Waals surface area contributed by atoms with Crippen molar-refractivity contribution < 1.29 is 9.30 Å². The Morgan fingerprint density at radius 1 is 0.800 bits per heavy atom. The van der Waals surface area contributed by atoms with Gasteiger partial charge in [-0.05, 0) is 42.8 Å². The minimum atomic E-state index is 0.864. The highest BCUT2D eigenvalue weighted by molar-refractivity contribution is 5.76. The van der Waals surface area contributed by atoms with Gasteiger partial charge in [0.1, 0.15) is 5.69 Å². The van der Waals surface area contributed by atoms with Crippen LogP contribution >= 0.6 is 0 Å². The van der Waals surface area contributed by atoms with Crippen LogP contribution in [0.2, 0.25) is 0 Å². The molecule has 3 heteroatoms. The topological polar surface area (TPSA) is 18.0 Å². The second-order valence-corrected chi connectivity index (χ2v) is 6.17. The van der Waals surface area contributed by atoms with Gasteiger partial charge in [0.15, 0.2) is 22.5 Å². The van der Waals surface area contributed by atoms with Gasteiger partial charge in [-0.1, -0.05) is 42.5 Å². The summed E-state index contributed by atoms with van der Waals surface area (Å²) in [6.45, 7) is 4.30. The molecule has 0 bridgehead atoms. The number of rotatable bonds is 3. The van der Waals surface area contributed by atoms with E-state index in [1.165, 1.54) is 16.8 Å². The Balaban J connectivity index is 2.11. The van der Waals surface area contributed by atoms with Gasteiger partial charge in [-0.15, -0.1) is 0 Å². The van der Waals surface area contributed by atoms with Crippen molar-refractivity contribution in [2.75, 3.05) is 7.11 Å². The van der Waals surface area contributed by atoms with Gasteiger partial charge in [-0.2, -0.15) is 9.13 Å². The van der Waals surface area contributed by atoms with Crippen LogP contribution in [0, 0.1) is 13.8 Å². The molecule has 0 saturated carbocycles. The summed E-state index contributed by atoms with van der Waals surface area (Å²) in [5.74, 6) is 2.00. The first-order valence-electron chi connectivity index (χ1n) is 8.44. The van der Waals surface area contributed by atoms with Crippen molar-refractivity contribution in [2.24, 2.45) is 0 Å². The first-order valence-corrected chi connectivity index (χ1v) is 8.44. The molecule has 3 aromatic carbocycles. The number of benzene rings is 3. The summed E-state index contributed by atoms with van der Waals surface area (Å²) >= 11 is 0. The average Bonchev–Trinajstić information content (AvgIpc) is 2.94. The fraction of sp³-hybridized carbons (Fsp3) is 0.136. The van der Waals surface area contributed by atoms with E-state index >= 15 is 0 Å². The molecule has 0 aliphatic rings. The molecule has 0 aliphatic carbocycles. The average molecular weight is 329 g/mol. The van der Waals surface area contributed by atoms with Gasteiger partial charge in [-0.25, -0.2) is 0 Å². The van der Waals surface area contributed by atoms with Gasteiger partial charge in [-0.3, -0.25) is 0 Å². The third-order valence-electron chi connectivity index (χ3n) is 4.69. The van der Waals surface area contributed by atoms with Gasteiger partial charge in [0.25, 0.3) is 5.82 Å². The Labute approximate surface area is 147 Å². The first-order chi connectivity index (χ1) is 12.2. The first kappa shape index (κ1) is 15.5. The molecule has 0 unspecified atom stereocenters. The largest absolute Gasteiger partial charge is 0.492 e. The van der Waals surface area contributed by atoms with E-state index in [1.807, 2.05) is 18.2 Å². The van der Waals surface area contributed by atoms with E-state index in [0.29, 0.717) is 0 Å². The molecule has 1 aromatic heterocycles. The van der Waals surface area contributed by atoms with Gasteiger partial charge < -0.3 is 4.74 Å². The molecule has 0 N–H and O–H groups in total. The van der Waals surface area contributed by atoms with Crippen LogP contribution in [-0.4, -0.2) is 11.7 Å². The summed E-state index contributed by atoms with van der Waals surface area (Å²) in [6.07, 6.45) is 0. The van der Waals surface area contributed by atoms with E-state index in [1.54, 1.807) is 7.11 Å². The number of aromatic nitrogens is 2. The molecule has 0 fully saturated rings. The molecule has 0 atom stereocenters. The van der Waals surface area contributed by atoms with E-state index in [-0.39, 0.29) is 0 Å². The number of imidazole rings is 1. The SMILES string of the molecule is COc1ccccc1-n1c(C)[n+](-c2ccccc2C)c2ccccc21. The molecule has 25 heavy (non-hydrogen) atoms.